The van der Waals surface area contributed by atoms with Crippen molar-refractivity contribution < 1.29 is 19.1 Å². The van der Waals surface area contributed by atoms with Crippen LogP contribution in [-0.4, -0.2) is 58.3 Å². The Balaban J connectivity index is 2.24. The van der Waals surface area contributed by atoms with Gasteiger partial charge in [-0.05, 0) is 39.0 Å². The van der Waals surface area contributed by atoms with Gasteiger partial charge in [-0.2, -0.15) is 5.10 Å². The van der Waals surface area contributed by atoms with Gasteiger partial charge < -0.3 is 20.3 Å². The summed E-state index contributed by atoms with van der Waals surface area (Å²) in [7, 11) is 0. The summed E-state index contributed by atoms with van der Waals surface area (Å²) < 4.78 is 6.39. The largest absolute Gasteiger partial charge is 0.465 e. The Morgan fingerprint density at radius 3 is 2.38 bits per heavy atom. The van der Waals surface area contributed by atoms with Crippen molar-refractivity contribution in [1.29, 1.82) is 0 Å². The van der Waals surface area contributed by atoms with Crippen LogP contribution in [-0.2, 0) is 19.7 Å². The standard InChI is InChI=1S/C23H31Cl2N5O4/c1-7-34-21(32)12-26-22(33)29(14(2)3)13-20(31)27-19-11-18(23(4,5)6)28-30(19)15-8-9-16(24)17(25)10-15/h8-11,14H,7,12-13H2,1-6H3,(H,26,33)(H,27,31). The van der Waals surface area contributed by atoms with Crippen molar-refractivity contribution in [3.05, 3.63) is 40.0 Å². The minimum absolute atomic E-state index is 0.216. The van der Waals surface area contributed by atoms with Crippen molar-refractivity contribution in [2.45, 2.75) is 53.0 Å². The lowest BCUT2D eigenvalue weighted by Crippen LogP contribution is -2.48. The summed E-state index contributed by atoms with van der Waals surface area (Å²) in [6.07, 6.45) is 0. The lowest BCUT2D eigenvalue weighted by molar-refractivity contribution is -0.141. The number of amides is 3. The molecule has 0 fully saturated rings. The van der Waals surface area contributed by atoms with Crippen molar-refractivity contribution >= 4 is 46.9 Å². The number of halogens is 2. The molecule has 11 heteroatoms. The maximum Gasteiger partial charge on any atom is 0.325 e. The molecule has 1 heterocycles. The van der Waals surface area contributed by atoms with Crippen LogP contribution in [0.5, 0.6) is 0 Å². The molecule has 9 nitrogen and oxygen atoms in total. The molecule has 0 aliphatic carbocycles. The summed E-state index contributed by atoms with van der Waals surface area (Å²) in [5.41, 5.74) is 1.09. The van der Waals surface area contributed by atoms with Crippen LogP contribution in [0.15, 0.2) is 24.3 Å². The fourth-order valence-electron chi connectivity index (χ4n) is 2.94. The van der Waals surface area contributed by atoms with E-state index in [1.54, 1.807) is 49.7 Å². The molecule has 0 unspecified atom stereocenters. The van der Waals surface area contributed by atoms with E-state index in [4.69, 9.17) is 27.9 Å². The Kier molecular flexibility index (Phi) is 9.35. The van der Waals surface area contributed by atoms with Gasteiger partial charge in [-0.1, -0.05) is 44.0 Å². The van der Waals surface area contributed by atoms with Crippen LogP contribution in [0.3, 0.4) is 0 Å². The van der Waals surface area contributed by atoms with E-state index < -0.39 is 17.9 Å². The Bertz CT molecular complexity index is 1050. The quantitative estimate of drug-likeness (QED) is 0.511. The van der Waals surface area contributed by atoms with Gasteiger partial charge in [0.05, 0.1) is 28.0 Å². The number of carbonyl (C=O) groups is 3. The predicted octanol–water partition coefficient (Wildman–Crippen LogP) is 4.40. The third-order valence-electron chi connectivity index (χ3n) is 4.78. The first kappa shape index (κ1) is 27.5. The van der Waals surface area contributed by atoms with Gasteiger partial charge in [0.1, 0.15) is 18.9 Å². The second-order valence-corrected chi connectivity index (χ2v) is 9.72. The number of ether oxygens (including phenoxy) is 1. The third-order valence-corrected chi connectivity index (χ3v) is 5.52. The van der Waals surface area contributed by atoms with Crippen LogP contribution >= 0.6 is 23.2 Å². The zero-order valence-corrected chi connectivity index (χ0v) is 21.8. The van der Waals surface area contributed by atoms with Gasteiger partial charge >= 0.3 is 12.0 Å². The highest BCUT2D eigenvalue weighted by atomic mass is 35.5. The average Bonchev–Trinajstić information content (AvgIpc) is 3.16. The zero-order valence-electron chi connectivity index (χ0n) is 20.2. The molecule has 0 aliphatic heterocycles. The highest BCUT2D eigenvalue weighted by Gasteiger charge is 2.24. The number of nitrogens with zero attached hydrogens (tertiary/aromatic N) is 3. The number of benzene rings is 1. The van der Waals surface area contributed by atoms with Gasteiger partial charge in [0.25, 0.3) is 0 Å². The zero-order chi connectivity index (χ0) is 25.6. The number of anilines is 1. The molecule has 1 aromatic carbocycles. The van der Waals surface area contributed by atoms with Crippen molar-refractivity contribution in [3.8, 4) is 5.69 Å². The smallest absolute Gasteiger partial charge is 0.325 e. The highest BCUT2D eigenvalue weighted by Crippen LogP contribution is 2.29. The second-order valence-electron chi connectivity index (χ2n) is 8.91. The molecule has 0 saturated carbocycles. The first-order chi connectivity index (χ1) is 15.8. The van der Waals surface area contributed by atoms with E-state index in [0.717, 1.165) is 5.69 Å². The number of rotatable bonds is 8. The monoisotopic (exact) mass is 511 g/mol. The van der Waals surface area contributed by atoms with Crippen LogP contribution < -0.4 is 10.6 Å². The Morgan fingerprint density at radius 1 is 1.15 bits per heavy atom. The van der Waals surface area contributed by atoms with Crippen molar-refractivity contribution in [2.75, 3.05) is 25.0 Å². The van der Waals surface area contributed by atoms with Crippen LogP contribution in [0.4, 0.5) is 10.6 Å². The summed E-state index contributed by atoms with van der Waals surface area (Å²) in [5, 5.41) is 10.7. The van der Waals surface area contributed by atoms with Gasteiger partial charge in [0.2, 0.25) is 5.91 Å². The molecule has 0 saturated heterocycles. The van der Waals surface area contributed by atoms with Gasteiger partial charge in [0.15, 0.2) is 0 Å². The second kappa shape index (κ2) is 11.6. The van der Waals surface area contributed by atoms with E-state index >= 15 is 0 Å². The molecule has 2 aromatic rings. The topological polar surface area (TPSA) is 106 Å². The third kappa shape index (κ3) is 7.36. The number of urea groups is 1. The minimum Gasteiger partial charge on any atom is -0.465 e. The maximum atomic E-state index is 12.9. The highest BCUT2D eigenvalue weighted by molar-refractivity contribution is 6.42. The van der Waals surface area contributed by atoms with Gasteiger partial charge in [-0.3, -0.25) is 9.59 Å². The molecule has 0 bridgehead atoms. The van der Waals surface area contributed by atoms with Crippen molar-refractivity contribution in [1.82, 2.24) is 20.0 Å². The van der Waals surface area contributed by atoms with E-state index in [9.17, 15) is 14.4 Å². The molecule has 2 rings (SSSR count). The number of hydrogen-bond acceptors (Lipinski definition) is 5. The van der Waals surface area contributed by atoms with E-state index in [1.807, 2.05) is 20.8 Å². The molecular formula is C23H31Cl2N5O4. The maximum absolute atomic E-state index is 12.9. The summed E-state index contributed by atoms with van der Waals surface area (Å²) in [4.78, 5) is 38.3. The summed E-state index contributed by atoms with van der Waals surface area (Å²) in [6.45, 7) is 11.0. The predicted molar refractivity (Wildman–Crippen MR) is 133 cm³/mol. The fourth-order valence-corrected chi connectivity index (χ4v) is 3.23. The molecule has 1 aromatic heterocycles. The Hall–Kier alpha value is -2.78. The van der Waals surface area contributed by atoms with Crippen LogP contribution in [0, 0.1) is 0 Å². The first-order valence-electron chi connectivity index (χ1n) is 10.9. The number of esters is 1. The van der Waals surface area contributed by atoms with E-state index in [1.165, 1.54) is 4.90 Å². The average molecular weight is 512 g/mol. The summed E-state index contributed by atoms with van der Waals surface area (Å²) in [6, 6.07) is 5.98. The Morgan fingerprint density at radius 2 is 1.82 bits per heavy atom. The summed E-state index contributed by atoms with van der Waals surface area (Å²) >= 11 is 12.2. The minimum atomic E-state index is -0.552. The first-order valence-corrected chi connectivity index (χ1v) is 11.6. The fraction of sp³-hybridized carbons (Fsp3) is 0.478. The molecule has 3 amide bonds. The molecular weight excluding hydrogens is 481 g/mol. The molecule has 34 heavy (non-hydrogen) atoms. The number of carbonyl (C=O) groups excluding carboxylic acids is 3. The molecule has 0 atom stereocenters. The Labute approximate surface area is 209 Å². The summed E-state index contributed by atoms with van der Waals surface area (Å²) in [5.74, 6) is -0.560. The number of hydrogen-bond donors (Lipinski definition) is 2. The SMILES string of the molecule is CCOC(=O)CNC(=O)N(CC(=O)Nc1cc(C(C)(C)C)nn1-c1ccc(Cl)c(Cl)c1)C(C)C. The number of nitrogens with one attached hydrogen (secondary N) is 2. The van der Waals surface area contributed by atoms with Crippen LogP contribution in [0.25, 0.3) is 5.69 Å². The number of aromatic nitrogens is 2. The van der Waals surface area contributed by atoms with Gasteiger partial charge in [-0.25, -0.2) is 9.48 Å². The molecule has 2 N–H and O–H groups in total. The van der Waals surface area contributed by atoms with E-state index in [0.29, 0.717) is 21.6 Å². The van der Waals surface area contributed by atoms with E-state index in [2.05, 4.69) is 15.7 Å². The van der Waals surface area contributed by atoms with Crippen molar-refractivity contribution in [2.24, 2.45) is 0 Å². The lowest BCUT2D eigenvalue weighted by atomic mass is 9.92. The van der Waals surface area contributed by atoms with Crippen molar-refractivity contribution in [3.63, 3.8) is 0 Å². The lowest BCUT2D eigenvalue weighted by Gasteiger charge is -2.26. The van der Waals surface area contributed by atoms with Crippen LogP contribution in [0.1, 0.15) is 47.2 Å². The van der Waals surface area contributed by atoms with Gasteiger partial charge in [0, 0.05) is 17.5 Å². The normalized spacial score (nSPS) is 11.3. The molecule has 186 valence electrons. The van der Waals surface area contributed by atoms with E-state index in [-0.39, 0.29) is 31.2 Å². The van der Waals surface area contributed by atoms with Gasteiger partial charge in [-0.15, -0.1) is 0 Å². The molecule has 0 radical (unpaired) electrons. The molecule has 0 aliphatic rings. The molecule has 0 spiro atoms. The van der Waals surface area contributed by atoms with Crippen LogP contribution in [0.2, 0.25) is 10.0 Å².